The second-order valence-corrected chi connectivity index (χ2v) is 3.88. The number of carboxylic acids is 1. The van der Waals surface area contributed by atoms with E-state index in [0.717, 1.165) is 5.56 Å². The first-order valence-electron chi connectivity index (χ1n) is 5.58. The van der Waals surface area contributed by atoms with Gasteiger partial charge in [0.15, 0.2) is 0 Å². The van der Waals surface area contributed by atoms with Gasteiger partial charge < -0.3 is 10.4 Å². The number of rotatable bonds is 5. The maximum absolute atomic E-state index is 11.6. The fourth-order valence-corrected chi connectivity index (χ4v) is 1.54. The standard InChI is InChI=1S/C12H12N4O3/c17-11(8-16-5-4-14-15-16)13-7-9-2-1-3-10(6-9)12(18)19/h1-6H,7-8H2,(H,13,17)(H,18,19). The first-order valence-corrected chi connectivity index (χ1v) is 5.58. The van der Waals surface area contributed by atoms with E-state index < -0.39 is 5.97 Å². The predicted octanol–water partition coefficient (Wildman–Crippen LogP) is 0.293. The van der Waals surface area contributed by atoms with E-state index in [9.17, 15) is 9.59 Å². The number of carbonyl (C=O) groups excluding carboxylic acids is 1. The molecule has 0 saturated heterocycles. The minimum absolute atomic E-state index is 0.0820. The third-order valence-electron chi connectivity index (χ3n) is 2.44. The Morgan fingerprint density at radius 1 is 1.37 bits per heavy atom. The fraction of sp³-hybridized carbons (Fsp3) is 0.167. The van der Waals surface area contributed by atoms with E-state index >= 15 is 0 Å². The van der Waals surface area contributed by atoms with Crippen LogP contribution in [0, 0.1) is 0 Å². The van der Waals surface area contributed by atoms with Crippen molar-refractivity contribution in [3.63, 3.8) is 0 Å². The Bertz CT molecular complexity index is 580. The van der Waals surface area contributed by atoms with E-state index in [1.54, 1.807) is 18.3 Å². The van der Waals surface area contributed by atoms with Crippen LogP contribution < -0.4 is 5.32 Å². The normalized spacial score (nSPS) is 10.1. The van der Waals surface area contributed by atoms with Crippen LogP contribution in [0.2, 0.25) is 0 Å². The van der Waals surface area contributed by atoms with Gasteiger partial charge in [0.1, 0.15) is 6.54 Å². The van der Waals surface area contributed by atoms with Gasteiger partial charge in [-0.2, -0.15) is 0 Å². The summed E-state index contributed by atoms with van der Waals surface area (Å²) in [5, 5.41) is 18.8. The second kappa shape index (κ2) is 5.76. The number of amides is 1. The van der Waals surface area contributed by atoms with Gasteiger partial charge in [0, 0.05) is 12.7 Å². The van der Waals surface area contributed by atoms with Gasteiger partial charge in [-0.15, -0.1) is 5.10 Å². The maximum atomic E-state index is 11.6. The average molecular weight is 260 g/mol. The molecule has 1 aromatic carbocycles. The number of carboxylic acid groups (broad SMARTS) is 1. The average Bonchev–Trinajstić information content (AvgIpc) is 2.89. The summed E-state index contributed by atoms with van der Waals surface area (Å²) < 4.78 is 1.41. The largest absolute Gasteiger partial charge is 0.478 e. The third-order valence-corrected chi connectivity index (χ3v) is 2.44. The zero-order chi connectivity index (χ0) is 13.7. The van der Waals surface area contributed by atoms with E-state index in [-0.39, 0.29) is 24.6 Å². The molecule has 1 aromatic heterocycles. The van der Waals surface area contributed by atoms with Gasteiger partial charge in [0.25, 0.3) is 0 Å². The number of aromatic carboxylic acids is 1. The molecule has 2 aromatic rings. The highest BCUT2D eigenvalue weighted by Gasteiger charge is 2.05. The van der Waals surface area contributed by atoms with E-state index in [4.69, 9.17) is 5.11 Å². The number of aromatic nitrogens is 3. The van der Waals surface area contributed by atoms with Gasteiger partial charge in [0.05, 0.1) is 11.8 Å². The van der Waals surface area contributed by atoms with Crippen molar-refractivity contribution in [1.82, 2.24) is 20.3 Å². The molecule has 0 radical (unpaired) electrons. The van der Waals surface area contributed by atoms with Crippen LogP contribution in [0.25, 0.3) is 0 Å². The summed E-state index contributed by atoms with van der Waals surface area (Å²) in [6.07, 6.45) is 3.08. The minimum atomic E-state index is -0.990. The molecule has 0 saturated carbocycles. The third kappa shape index (κ3) is 3.63. The highest BCUT2D eigenvalue weighted by atomic mass is 16.4. The van der Waals surface area contributed by atoms with Gasteiger partial charge >= 0.3 is 5.97 Å². The quantitative estimate of drug-likeness (QED) is 0.805. The van der Waals surface area contributed by atoms with Crippen LogP contribution in [-0.2, 0) is 17.9 Å². The summed E-state index contributed by atoms with van der Waals surface area (Å²) >= 11 is 0. The first kappa shape index (κ1) is 12.7. The van der Waals surface area contributed by atoms with Crippen molar-refractivity contribution in [2.75, 3.05) is 0 Å². The lowest BCUT2D eigenvalue weighted by Crippen LogP contribution is -2.27. The monoisotopic (exact) mass is 260 g/mol. The number of hydrogen-bond donors (Lipinski definition) is 2. The Balaban J connectivity index is 1.89. The molecule has 1 heterocycles. The Morgan fingerprint density at radius 3 is 2.89 bits per heavy atom. The molecule has 0 unspecified atom stereocenters. The van der Waals surface area contributed by atoms with Gasteiger partial charge in [0.2, 0.25) is 5.91 Å². The van der Waals surface area contributed by atoms with Crippen LogP contribution in [0.3, 0.4) is 0 Å². The lowest BCUT2D eigenvalue weighted by molar-refractivity contribution is -0.122. The molecule has 0 spiro atoms. The van der Waals surface area contributed by atoms with Crippen molar-refractivity contribution in [1.29, 1.82) is 0 Å². The Morgan fingerprint density at radius 2 is 2.21 bits per heavy atom. The number of nitrogens with one attached hydrogen (secondary N) is 1. The molecule has 98 valence electrons. The summed E-state index contributed by atoms with van der Waals surface area (Å²) in [5.74, 6) is -1.21. The molecule has 7 heteroatoms. The Kier molecular flexibility index (Phi) is 3.87. The van der Waals surface area contributed by atoms with Crippen molar-refractivity contribution in [2.24, 2.45) is 0 Å². The Labute approximate surface area is 108 Å². The first-order chi connectivity index (χ1) is 9.15. The van der Waals surface area contributed by atoms with Crippen molar-refractivity contribution >= 4 is 11.9 Å². The van der Waals surface area contributed by atoms with E-state index in [2.05, 4.69) is 15.6 Å². The minimum Gasteiger partial charge on any atom is -0.478 e. The highest BCUT2D eigenvalue weighted by Crippen LogP contribution is 2.05. The smallest absolute Gasteiger partial charge is 0.335 e. The number of nitrogens with zero attached hydrogens (tertiary/aromatic N) is 3. The zero-order valence-corrected chi connectivity index (χ0v) is 9.98. The van der Waals surface area contributed by atoms with Crippen molar-refractivity contribution in [3.05, 3.63) is 47.8 Å². The van der Waals surface area contributed by atoms with Crippen LogP contribution in [0.4, 0.5) is 0 Å². The SMILES string of the molecule is O=C(Cn1ccnn1)NCc1cccc(C(=O)O)c1. The van der Waals surface area contributed by atoms with Crippen LogP contribution in [0.15, 0.2) is 36.7 Å². The van der Waals surface area contributed by atoms with Crippen LogP contribution in [-0.4, -0.2) is 32.0 Å². The number of hydrogen-bond acceptors (Lipinski definition) is 4. The van der Waals surface area contributed by atoms with Crippen LogP contribution >= 0.6 is 0 Å². The van der Waals surface area contributed by atoms with E-state index in [0.29, 0.717) is 0 Å². The molecular formula is C12H12N4O3. The number of carbonyl (C=O) groups is 2. The molecule has 0 aliphatic rings. The van der Waals surface area contributed by atoms with Gasteiger partial charge in [-0.3, -0.25) is 4.79 Å². The zero-order valence-electron chi connectivity index (χ0n) is 9.98. The summed E-state index contributed by atoms with van der Waals surface area (Å²) in [6.45, 7) is 0.354. The lowest BCUT2D eigenvalue weighted by Gasteiger charge is -2.06. The summed E-state index contributed by atoms with van der Waals surface area (Å²) in [4.78, 5) is 22.4. The van der Waals surface area contributed by atoms with E-state index in [1.165, 1.54) is 23.0 Å². The molecule has 19 heavy (non-hydrogen) atoms. The molecule has 7 nitrogen and oxygen atoms in total. The van der Waals surface area contributed by atoms with Crippen LogP contribution in [0.1, 0.15) is 15.9 Å². The van der Waals surface area contributed by atoms with Gasteiger partial charge in [-0.25, -0.2) is 9.48 Å². The van der Waals surface area contributed by atoms with Gasteiger partial charge in [-0.1, -0.05) is 17.3 Å². The summed E-state index contributed by atoms with van der Waals surface area (Å²) in [5.41, 5.74) is 0.926. The molecule has 2 rings (SSSR count). The lowest BCUT2D eigenvalue weighted by atomic mass is 10.1. The van der Waals surface area contributed by atoms with Crippen LogP contribution in [0.5, 0.6) is 0 Å². The molecule has 0 atom stereocenters. The van der Waals surface area contributed by atoms with Gasteiger partial charge in [-0.05, 0) is 17.7 Å². The number of benzene rings is 1. The Hall–Kier alpha value is -2.70. The molecule has 0 fully saturated rings. The summed E-state index contributed by atoms with van der Waals surface area (Å²) in [7, 11) is 0. The fourth-order valence-electron chi connectivity index (χ4n) is 1.54. The van der Waals surface area contributed by atoms with E-state index in [1.807, 2.05) is 0 Å². The second-order valence-electron chi connectivity index (χ2n) is 3.88. The van der Waals surface area contributed by atoms with Crippen molar-refractivity contribution in [2.45, 2.75) is 13.1 Å². The molecule has 0 bridgehead atoms. The maximum Gasteiger partial charge on any atom is 0.335 e. The van der Waals surface area contributed by atoms with Crippen molar-refractivity contribution in [3.8, 4) is 0 Å². The highest BCUT2D eigenvalue weighted by molar-refractivity contribution is 5.87. The molecule has 1 amide bonds. The molecule has 2 N–H and O–H groups in total. The molecular weight excluding hydrogens is 248 g/mol. The summed E-state index contributed by atoms with van der Waals surface area (Å²) in [6, 6.07) is 6.42. The topological polar surface area (TPSA) is 97.1 Å². The predicted molar refractivity (Wildman–Crippen MR) is 65.3 cm³/mol. The molecule has 0 aliphatic heterocycles. The molecule has 0 aliphatic carbocycles. The van der Waals surface area contributed by atoms with Crippen molar-refractivity contribution < 1.29 is 14.7 Å².